The maximum atomic E-state index is 4.54. The second kappa shape index (κ2) is 6.56. The standard InChI is InChI=1S/C20H24N4S/c1-12-14(3)25-19-17(12)18(21-11-22-19)24-23-13(2)15-7-9-16(10-8-15)20(4,5)6/h7-11H,1-6H3,(H,21,22,24)/b23-13-. The number of thiophene rings is 1. The van der Waals surface area contributed by atoms with Gasteiger partial charge in [-0.3, -0.25) is 5.43 Å². The van der Waals surface area contributed by atoms with E-state index in [1.54, 1.807) is 17.7 Å². The molecule has 4 nitrogen and oxygen atoms in total. The number of aryl methyl sites for hydroxylation is 2. The lowest BCUT2D eigenvalue weighted by atomic mass is 9.86. The molecule has 0 saturated carbocycles. The topological polar surface area (TPSA) is 50.2 Å². The van der Waals surface area contributed by atoms with Gasteiger partial charge in [-0.25, -0.2) is 9.97 Å². The Kier molecular flexibility index (Phi) is 4.60. The molecule has 3 rings (SSSR count). The number of aromatic nitrogens is 2. The maximum absolute atomic E-state index is 4.54. The molecule has 25 heavy (non-hydrogen) atoms. The van der Waals surface area contributed by atoms with Crippen LogP contribution >= 0.6 is 11.3 Å². The molecule has 0 atom stereocenters. The van der Waals surface area contributed by atoms with E-state index in [9.17, 15) is 0 Å². The minimum Gasteiger partial charge on any atom is -0.260 e. The van der Waals surface area contributed by atoms with Crippen LogP contribution in [-0.2, 0) is 5.41 Å². The highest BCUT2D eigenvalue weighted by Gasteiger charge is 2.14. The molecule has 2 aromatic heterocycles. The van der Waals surface area contributed by atoms with Crippen LogP contribution in [0.25, 0.3) is 10.2 Å². The zero-order chi connectivity index (χ0) is 18.2. The fraction of sp³-hybridized carbons (Fsp3) is 0.350. The number of hydrogen-bond acceptors (Lipinski definition) is 5. The first-order chi connectivity index (χ1) is 11.8. The lowest BCUT2D eigenvalue weighted by Crippen LogP contribution is -2.11. The normalized spacial score (nSPS) is 12.6. The van der Waals surface area contributed by atoms with Crippen LogP contribution in [0.2, 0.25) is 0 Å². The molecule has 0 unspecified atom stereocenters. The van der Waals surface area contributed by atoms with Crippen molar-refractivity contribution in [3.8, 4) is 0 Å². The van der Waals surface area contributed by atoms with Gasteiger partial charge in [0, 0.05) is 4.88 Å². The van der Waals surface area contributed by atoms with Gasteiger partial charge in [0.1, 0.15) is 11.2 Å². The highest BCUT2D eigenvalue weighted by atomic mass is 32.1. The number of rotatable bonds is 3. The van der Waals surface area contributed by atoms with E-state index in [0.29, 0.717) is 0 Å². The first-order valence-electron chi connectivity index (χ1n) is 8.39. The van der Waals surface area contributed by atoms with Crippen molar-refractivity contribution in [3.63, 3.8) is 0 Å². The summed E-state index contributed by atoms with van der Waals surface area (Å²) in [7, 11) is 0. The molecule has 5 heteroatoms. The molecular weight excluding hydrogens is 328 g/mol. The summed E-state index contributed by atoms with van der Waals surface area (Å²) in [6.07, 6.45) is 1.59. The van der Waals surface area contributed by atoms with E-state index in [0.717, 1.165) is 27.3 Å². The second-order valence-corrected chi connectivity index (χ2v) is 8.53. The summed E-state index contributed by atoms with van der Waals surface area (Å²) < 4.78 is 0. The lowest BCUT2D eigenvalue weighted by Gasteiger charge is -2.19. The van der Waals surface area contributed by atoms with E-state index in [4.69, 9.17) is 0 Å². The molecule has 2 heterocycles. The van der Waals surface area contributed by atoms with Gasteiger partial charge in [0.05, 0.1) is 11.1 Å². The fourth-order valence-corrected chi connectivity index (χ4v) is 3.68. The Balaban J connectivity index is 1.87. The van der Waals surface area contributed by atoms with Crippen molar-refractivity contribution >= 4 is 33.1 Å². The van der Waals surface area contributed by atoms with Crippen LogP contribution in [0.4, 0.5) is 5.82 Å². The smallest absolute Gasteiger partial charge is 0.158 e. The molecule has 0 radical (unpaired) electrons. The van der Waals surface area contributed by atoms with Crippen LogP contribution in [0.1, 0.15) is 49.3 Å². The highest BCUT2D eigenvalue weighted by molar-refractivity contribution is 7.18. The third-order valence-electron chi connectivity index (χ3n) is 4.46. The number of fused-ring (bicyclic) bond motifs is 1. The molecule has 3 aromatic rings. The van der Waals surface area contributed by atoms with Gasteiger partial charge >= 0.3 is 0 Å². The Morgan fingerprint density at radius 1 is 1.08 bits per heavy atom. The molecule has 0 saturated heterocycles. The number of hydrazone groups is 1. The summed E-state index contributed by atoms with van der Waals surface area (Å²) in [6.45, 7) is 12.9. The van der Waals surface area contributed by atoms with E-state index >= 15 is 0 Å². The predicted octanol–water partition coefficient (Wildman–Crippen LogP) is 5.44. The number of benzene rings is 1. The van der Waals surface area contributed by atoms with Gasteiger partial charge < -0.3 is 0 Å². The van der Waals surface area contributed by atoms with E-state index in [2.05, 4.69) is 79.4 Å². The number of nitrogens with one attached hydrogen (secondary N) is 1. The highest BCUT2D eigenvalue weighted by Crippen LogP contribution is 2.32. The number of nitrogens with zero attached hydrogens (tertiary/aromatic N) is 3. The van der Waals surface area contributed by atoms with Crippen molar-refractivity contribution in [2.24, 2.45) is 5.10 Å². The van der Waals surface area contributed by atoms with Crippen molar-refractivity contribution in [1.29, 1.82) is 0 Å². The molecule has 130 valence electrons. The first-order valence-corrected chi connectivity index (χ1v) is 9.21. The van der Waals surface area contributed by atoms with Gasteiger partial charge in [-0.05, 0) is 42.9 Å². The summed E-state index contributed by atoms with van der Waals surface area (Å²) in [5, 5.41) is 5.60. The average Bonchev–Trinajstić information content (AvgIpc) is 2.87. The summed E-state index contributed by atoms with van der Waals surface area (Å²) in [6, 6.07) is 8.58. The van der Waals surface area contributed by atoms with Crippen molar-refractivity contribution in [2.75, 3.05) is 5.43 Å². The second-order valence-electron chi connectivity index (χ2n) is 7.32. The summed E-state index contributed by atoms with van der Waals surface area (Å²) >= 11 is 1.69. The minimum atomic E-state index is 0.155. The van der Waals surface area contributed by atoms with E-state index in [1.165, 1.54) is 16.0 Å². The predicted molar refractivity (Wildman–Crippen MR) is 108 cm³/mol. The van der Waals surface area contributed by atoms with Gasteiger partial charge in [-0.1, -0.05) is 45.0 Å². The van der Waals surface area contributed by atoms with Gasteiger partial charge in [-0.2, -0.15) is 5.10 Å². The van der Waals surface area contributed by atoms with Crippen molar-refractivity contribution < 1.29 is 0 Å². The largest absolute Gasteiger partial charge is 0.260 e. The maximum Gasteiger partial charge on any atom is 0.158 e. The third kappa shape index (κ3) is 3.56. The van der Waals surface area contributed by atoms with Gasteiger partial charge in [0.2, 0.25) is 0 Å². The number of hydrogen-bond donors (Lipinski definition) is 1. The molecule has 0 amide bonds. The molecule has 1 N–H and O–H groups in total. The zero-order valence-electron chi connectivity index (χ0n) is 15.6. The van der Waals surface area contributed by atoms with E-state index < -0.39 is 0 Å². The molecule has 1 aromatic carbocycles. The van der Waals surface area contributed by atoms with Gasteiger partial charge in [0.25, 0.3) is 0 Å². The van der Waals surface area contributed by atoms with E-state index in [-0.39, 0.29) is 5.41 Å². The van der Waals surface area contributed by atoms with Crippen LogP contribution < -0.4 is 5.43 Å². The average molecular weight is 353 g/mol. The van der Waals surface area contributed by atoms with Crippen molar-refractivity contribution in [3.05, 3.63) is 52.2 Å². The van der Waals surface area contributed by atoms with Crippen LogP contribution in [-0.4, -0.2) is 15.7 Å². The van der Waals surface area contributed by atoms with Gasteiger partial charge in [-0.15, -0.1) is 11.3 Å². The number of anilines is 1. The minimum absolute atomic E-state index is 0.155. The van der Waals surface area contributed by atoms with E-state index in [1.807, 2.05) is 6.92 Å². The Labute approximate surface area is 153 Å². The van der Waals surface area contributed by atoms with Crippen LogP contribution in [0.5, 0.6) is 0 Å². The molecule has 0 aliphatic carbocycles. The summed E-state index contributed by atoms with van der Waals surface area (Å²) in [5.41, 5.74) is 7.84. The monoisotopic (exact) mass is 352 g/mol. The quantitative estimate of drug-likeness (QED) is 0.504. The Hall–Kier alpha value is -2.27. The zero-order valence-corrected chi connectivity index (χ0v) is 16.5. The van der Waals surface area contributed by atoms with Crippen molar-refractivity contribution in [1.82, 2.24) is 9.97 Å². The Morgan fingerprint density at radius 2 is 1.76 bits per heavy atom. The molecule has 0 bridgehead atoms. The lowest BCUT2D eigenvalue weighted by molar-refractivity contribution is 0.590. The third-order valence-corrected chi connectivity index (χ3v) is 5.58. The Morgan fingerprint density at radius 3 is 2.40 bits per heavy atom. The molecule has 0 fully saturated rings. The summed E-state index contributed by atoms with van der Waals surface area (Å²) in [4.78, 5) is 11.0. The SMILES string of the molecule is C/C(=N/Nc1ncnc2sc(C)c(C)c12)c1ccc(C(C)(C)C)cc1. The Bertz CT molecular complexity index is 931. The molecule has 0 spiro atoms. The molecule has 0 aliphatic rings. The van der Waals surface area contributed by atoms with Crippen LogP contribution in [0.3, 0.4) is 0 Å². The fourth-order valence-electron chi connectivity index (χ4n) is 2.68. The molecule has 0 aliphatic heterocycles. The molecular formula is C20H24N4S. The van der Waals surface area contributed by atoms with Crippen LogP contribution in [0, 0.1) is 13.8 Å². The first kappa shape index (κ1) is 17.5. The van der Waals surface area contributed by atoms with Gasteiger partial charge in [0.15, 0.2) is 5.82 Å². The summed E-state index contributed by atoms with van der Waals surface area (Å²) in [5.74, 6) is 0.762. The van der Waals surface area contributed by atoms with Crippen LogP contribution in [0.15, 0.2) is 35.7 Å². The van der Waals surface area contributed by atoms with Crippen molar-refractivity contribution in [2.45, 2.75) is 47.0 Å².